The number of hydrogen-bond donors (Lipinski definition) is 1. The molecule has 0 saturated carbocycles. The Labute approximate surface area is 106 Å². The van der Waals surface area contributed by atoms with Crippen LogP contribution in [-0.4, -0.2) is 46.3 Å². The lowest BCUT2D eigenvalue weighted by Crippen LogP contribution is -2.53. The van der Waals surface area contributed by atoms with Gasteiger partial charge in [-0.1, -0.05) is 6.92 Å². The van der Waals surface area contributed by atoms with E-state index in [0.717, 1.165) is 12.2 Å². The molecule has 1 aliphatic rings. The summed E-state index contributed by atoms with van der Waals surface area (Å²) in [5.74, 6) is -0.0898. The SMILES string of the molecule is CCc1nn(C)cc1C(=O)N1CCNCC1C#N. The van der Waals surface area contributed by atoms with Crippen LogP contribution in [0.3, 0.4) is 0 Å². The van der Waals surface area contributed by atoms with Crippen molar-refractivity contribution in [3.05, 3.63) is 17.5 Å². The third kappa shape index (κ3) is 2.22. The van der Waals surface area contributed by atoms with Gasteiger partial charge in [-0.25, -0.2) is 0 Å². The first-order valence-electron chi connectivity index (χ1n) is 6.11. The fraction of sp³-hybridized carbons (Fsp3) is 0.583. The number of aryl methyl sites for hydroxylation is 2. The van der Waals surface area contributed by atoms with Gasteiger partial charge in [0.25, 0.3) is 5.91 Å². The van der Waals surface area contributed by atoms with E-state index in [4.69, 9.17) is 5.26 Å². The van der Waals surface area contributed by atoms with E-state index in [0.29, 0.717) is 25.1 Å². The fourth-order valence-electron chi connectivity index (χ4n) is 2.19. The average Bonchev–Trinajstić information content (AvgIpc) is 2.79. The Bertz CT molecular complexity index is 487. The molecule has 0 bridgehead atoms. The minimum absolute atomic E-state index is 0.0898. The molecule has 1 aromatic rings. The summed E-state index contributed by atoms with van der Waals surface area (Å²) in [4.78, 5) is 14.1. The second kappa shape index (κ2) is 5.19. The first-order valence-corrected chi connectivity index (χ1v) is 6.11. The zero-order valence-electron chi connectivity index (χ0n) is 10.7. The summed E-state index contributed by atoms with van der Waals surface area (Å²) >= 11 is 0. The predicted molar refractivity (Wildman–Crippen MR) is 65.9 cm³/mol. The van der Waals surface area contributed by atoms with Crippen LogP contribution < -0.4 is 5.32 Å². The monoisotopic (exact) mass is 247 g/mol. The summed E-state index contributed by atoms with van der Waals surface area (Å²) in [6, 6.07) is 1.77. The Morgan fingerprint density at radius 2 is 2.50 bits per heavy atom. The van der Waals surface area contributed by atoms with Crippen LogP contribution in [0, 0.1) is 11.3 Å². The summed E-state index contributed by atoms with van der Waals surface area (Å²) in [6.07, 6.45) is 2.45. The largest absolute Gasteiger partial charge is 0.320 e. The first-order chi connectivity index (χ1) is 8.67. The van der Waals surface area contributed by atoms with Crippen molar-refractivity contribution in [1.82, 2.24) is 20.0 Å². The smallest absolute Gasteiger partial charge is 0.258 e. The maximum atomic E-state index is 12.5. The number of carbonyl (C=O) groups is 1. The third-order valence-corrected chi connectivity index (χ3v) is 3.12. The van der Waals surface area contributed by atoms with E-state index >= 15 is 0 Å². The van der Waals surface area contributed by atoms with Gasteiger partial charge in [0, 0.05) is 32.9 Å². The number of hydrogen-bond acceptors (Lipinski definition) is 4. The summed E-state index contributed by atoms with van der Waals surface area (Å²) in [6.45, 7) is 3.79. The minimum Gasteiger partial charge on any atom is -0.320 e. The van der Waals surface area contributed by atoms with Crippen LogP contribution in [-0.2, 0) is 13.5 Å². The van der Waals surface area contributed by atoms with Gasteiger partial charge in [-0.15, -0.1) is 0 Å². The Morgan fingerprint density at radius 1 is 1.72 bits per heavy atom. The number of nitrogens with zero attached hydrogens (tertiary/aromatic N) is 4. The second-order valence-electron chi connectivity index (χ2n) is 4.36. The standard InChI is InChI=1S/C12H17N5O/c1-3-11-10(8-16(2)15-11)12(18)17-5-4-14-7-9(17)6-13/h8-9,14H,3-5,7H2,1-2H3. The van der Waals surface area contributed by atoms with Crippen LogP contribution >= 0.6 is 0 Å². The van der Waals surface area contributed by atoms with Gasteiger partial charge in [0.2, 0.25) is 0 Å². The van der Waals surface area contributed by atoms with E-state index in [1.165, 1.54) is 0 Å². The molecular formula is C12H17N5O. The quantitative estimate of drug-likeness (QED) is 0.793. The van der Waals surface area contributed by atoms with Crippen molar-refractivity contribution in [2.45, 2.75) is 19.4 Å². The van der Waals surface area contributed by atoms with Gasteiger partial charge in [-0.2, -0.15) is 10.4 Å². The maximum Gasteiger partial charge on any atom is 0.258 e. The van der Waals surface area contributed by atoms with Crippen molar-refractivity contribution in [2.24, 2.45) is 7.05 Å². The van der Waals surface area contributed by atoms with E-state index < -0.39 is 6.04 Å². The normalized spacial score (nSPS) is 19.6. The van der Waals surface area contributed by atoms with Crippen molar-refractivity contribution in [2.75, 3.05) is 19.6 Å². The Kier molecular flexibility index (Phi) is 3.63. The molecule has 2 heterocycles. The Hall–Kier alpha value is -1.87. The number of carbonyl (C=O) groups excluding carboxylic acids is 1. The number of nitrogens with one attached hydrogen (secondary N) is 1. The molecule has 18 heavy (non-hydrogen) atoms. The first kappa shape index (κ1) is 12.6. The molecule has 1 N–H and O–H groups in total. The molecular weight excluding hydrogens is 230 g/mol. The van der Waals surface area contributed by atoms with Gasteiger partial charge in [0.05, 0.1) is 17.3 Å². The fourth-order valence-corrected chi connectivity index (χ4v) is 2.19. The lowest BCUT2D eigenvalue weighted by molar-refractivity contribution is 0.0686. The highest BCUT2D eigenvalue weighted by atomic mass is 16.2. The molecule has 1 amide bonds. The number of piperazine rings is 1. The molecule has 0 spiro atoms. The van der Waals surface area contributed by atoms with E-state index in [2.05, 4.69) is 16.5 Å². The average molecular weight is 247 g/mol. The zero-order valence-corrected chi connectivity index (χ0v) is 10.7. The molecule has 6 heteroatoms. The molecule has 1 fully saturated rings. The van der Waals surface area contributed by atoms with Gasteiger partial charge in [-0.3, -0.25) is 9.48 Å². The summed E-state index contributed by atoms with van der Waals surface area (Å²) in [5, 5.41) is 16.5. The Morgan fingerprint density at radius 3 is 3.17 bits per heavy atom. The van der Waals surface area contributed by atoms with E-state index in [9.17, 15) is 4.79 Å². The maximum absolute atomic E-state index is 12.5. The van der Waals surface area contributed by atoms with Crippen LogP contribution in [0.15, 0.2) is 6.20 Å². The van der Waals surface area contributed by atoms with Crippen molar-refractivity contribution in [3.8, 4) is 6.07 Å². The van der Waals surface area contributed by atoms with Crippen LogP contribution in [0.1, 0.15) is 23.0 Å². The molecule has 1 aromatic heterocycles. The molecule has 0 aliphatic carbocycles. The topological polar surface area (TPSA) is 74.0 Å². The summed E-state index contributed by atoms with van der Waals surface area (Å²) in [5.41, 5.74) is 1.40. The number of rotatable bonds is 2. The number of aromatic nitrogens is 2. The predicted octanol–water partition coefficient (Wildman–Crippen LogP) is -0.0799. The molecule has 1 atom stereocenters. The van der Waals surface area contributed by atoms with Crippen LogP contribution in [0.4, 0.5) is 0 Å². The minimum atomic E-state index is -0.392. The van der Waals surface area contributed by atoms with Crippen molar-refractivity contribution >= 4 is 5.91 Å². The van der Waals surface area contributed by atoms with Crippen molar-refractivity contribution < 1.29 is 4.79 Å². The highest BCUT2D eigenvalue weighted by Crippen LogP contribution is 2.14. The summed E-state index contributed by atoms with van der Waals surface area (Å²) < 4.78 is 1.65. The highest BCUT2D eigenvalue weighted by molar-refractivity contribution is 5.95. The Balaban J connectivity index is 2.27. The molecule has 96 valence electrons. The molecule has 1 saturated heterocycles. The summed E-state index contributed by atoms with van der Waals surface area (Å²) in [7, 11) is 1.80. The van der Waals surface area contributed by atoms with E-state index in [1.807, 2.05) is 6.92 Å². The third-order valence-electron chi connectivity index (χ3n) is 3.12. The molecule has 2 rings (SSSR count). The second-order valence-corrected chi connectivity index (χ2v) is 4.36. The van der Waals surface area contributed by atoms with Crippen LogP contribution in [0.2, 0.25) is 0 Å². The lowest BCUT2D eigenvalue weighted by Gasteiger charge is -2.31. The van der Waals surface area contributed by atoms with Crippen molar-refractivity contribution in [1.29, 1.82) is 5.26 Å². The van der Waals surface area contributed by atoms with Crippen LogP contribution in [0.5, 0.6) is 0 Å². The van der Waals surface area contributed by atoms with Gasteiger partial charge in [0.1, 0.15) is 6.04 Å². The molecule has 1 unspecified atom stereocenters. The van der Waals surface area contributed by atoms with Gasteiger partial charge >= 0.3 is 0 Å². The zero-order chi connectivity index (χ0) is 13.1. The van der Waals surface area contributed by atoms with Gasteiger partial charge in [-0.05, 0) is 6.42 Å². The molecule has 0 radical (unpaired) electrons. The van der Waals surface area contributed by atoms with Crippen LogP contribution in [0.25, 0.3) is 0 Å². The molecule has 6 nitrogen and oxygen atoms in total. The molecule has 1 aliphatic heterocycles. The van der Waals surface area contributed by atoms with Crippen molar-refractivity contribution in [3.63, 3.8) is 0 Å². The van der Waals surface area contributed by atoms with Gasteiger partial charge < -0.3 is 10.2 Å². The lowest BCUT2D eigenvalue weighted by atomic mass is 10.1. The number of nitriles is 1. The van der Waals surface area contributed by atoms with E-state index in [1.54, 1.807) is 22.8 Å². The van der Waals surface area contributed by atoms with E-state index in [-0.39, 0.29) is 5.91 Å². The number of amides is 1. The molecule has 0 aromatic carbocycles. The highest BCUT2D eigenvalue weighted by Gasteiger charge is 2.29. The van der Waals surface area contributed by atoms with Gasteiger partial charge in [0.15, 0.2) is 0 Å².